The van der Waals surface area contributed by atoms with Gasteiger partial charge in [0.1, 0.15) is 5.54 Å². The molecule has 0 saturated carbocycles. The second-order valence-electron chi connectivity index (χ2n) is 6.10. The van der Waals surface area contributed by atoms with Crippen LogP contribution in [-0.4, -0.2) is 22.4 Å². The Morgan fingerprint density at radius 2 is 1.58 bits per heavy atom. The third-order valence-electron chi connectivity index (χ3n) is 4.22. The first kappa shape index (κ1) is 18.3. The quantitative estimate of drug-likeness (QED) is 0.792. The number of alkyl halides is 3. The second kappa shape index (κ2) is 6.83. The first-order chi connectivity index (χ1) is 11.2. The van der Waals surface area contributed by atoms with E-state index in [2.05, 4.69) is 5.32 Å². The fourth-order valence-electron chi connectivity index (χ4n) is 3.12. The zero-order valence-corrected chi connectivity index (χ0v) is 13.7. The summed E-state index contributed by atoms with van der Waals surface area (Å²) >= 11 is 0. The molecule has 132 valence electrons. The molecule has 1 heterocycles. The van der Waals surface area contributed by atoms with E-state index in [1.54, 1.807) is 0 Å². The number of benzene rings is 1. The van der Waals surface area contributed by atoms with E-state index in [1.165, 1.54) is 12.1 Å². The standard InChI is InChI=1S/C17H21F3N2O2/c1-3-9-16(10-4-2)14(23)22(15(24)21-16)11-12-5-7-13(8-6-12)17(18,19)20/h5-8H,3-4,9-11H2,1-2H3,(H,21,24). The van der Waals surface area contributed by atoms with Crippen LogP contribution in [0.15, 0.2) is 24.3 Å². The molecule has 4 nitrogen and oxygen atoms in total. The van der Waals surface area contributed by atoms with Crippen LogP contribution in [-0.2, 0) is 17.5 Å². The van der Waals surface area contributed by atoms with Gasteiger partial charge in [0.2, 0.25) is 0 Å². The van der Waals surface area contributed by atoms with Crippen LogP contribution in [0.5, 0.6) is 0 Å². The zero-order valence-electron chi connectivity index (χ0n) is 13.7. The molecule has 1 saturated heterocycles. The molecule has 1 aliphatic heterocycles. The topological polar surface area (TPSA) is 49.4 Å². The Morgan fingerprint density at radius 1 is 1.04 bits per heavy atom. The molecule has 3 amide bonds. The van der Waals surface area contributed by atoms with Crippen molar-refractivity contribution in [3.05, 3.63) is 35.4 Å². The van der Waals surface area contributed by atoms with E-state index in [4.69, 9.17) is 0 Å². The average Bonchev–Trinajstić information content (AvgIpc) is 2.72. The van der Waals surface area contributed by atoms with Gasteiger partial charge in [-0.3, -0.25) is 9.69 Å². The Kier molecular flexibility index (Phi) is 5.20. The molecule has 1 aliphatic rings. The molecule has 2 rings (SSSR count). The molecule has 0 radical (unpaired) electrons. The predicted octanol–water partition coefficient (Wildman–Crippen LogP) is 4.10. The first-order valence-electron chi connectivity index (χ1n) is 8.03. The van der Waals surface area contributed by atoms with Crippen molar-refractivity contribution in [2.24, 2.45) is 0 Å². The summed E-state index contributed by atoms with van der Waals surface area (Å²) in [6.07, 6.45) is -1.80. The minimum absolute atomic E-state index is 0.0298. The molecule has 0 atom stereocenters. The van der Waals surface area contributed by atoms with E-state index in [1.807, 2.05) is 13.8 Å². The van der Waals surface area contributed by atoms with Gasteiger partial charge in [-0.1, -0.05) is 38.8 Å². The average molecular weight is 342 g/mol. The van der Waals surface area contributed by atoms with Crippen molar-refractivity contribution in [3.63, 3.8) is 0 Å². The van der Waals surface area contributed by atoms with Crippen LogP contribution >= 0.6 is 0 Å². The number of nitrogens with zero attached hydrogens (tertiary/aromatic N) is 1. The van der Waals surface area contributed by atoms with E-state index in [9.17, 15) is 22.8 Å². The summed E-state index contributed by atoms with van der Waals surface area (Å²) in [5, 5.41) is 2.78. The number of urea groups is 1. The maximum atomic E-state index is 12.7. The molecule has 1 N–H and O–H groups in total. The molecule has 1 fully saturated rings. The predicted molar refractivity (Wildman–Crippen MR) is 83.1 cm³/mol. The highest BCUT2D eigenvalue weighted by molar-refractivity contribution is 6.06. The van der Waals surface area contributed by atoms with E-state index >= 15 is 0 Å². The summed E-state index contributed by atoms with van der Waals surface area (Å²) in [5.41, 5.74) is -1.16. The summed E-state index contributed by atoms with van der Waals surface area (Å²) in [7, 11) is 0. The monoisotopic (exact) mass is 342 g/mol. The highest BCUT2D eigenvalue weighted by Gasteiger charge is 2.49. The molecule has 24 heavy (non-hydrogen) atoms. The number of carbonyl (C=O) groups is 2. The highest BCUT2D eigenvalue weighted by atomic mass is 19.4. The van der Waals surface area contributed by atoms with Crippen molar-refractivity contribution in [3.8, 4) is 0 Å². The molecule has 1 aromatic carbocycles. The summed E-state index contributed by atoms with van der Waals surface area (Å²) < 4.78 is 37.8. The molecule has 0 unspecified atom stereocenters. The number of hydrogen-bond donors (Lipinski definition) is 1. The number of carbonyl (C=O) groups excluding carboxylic acids is 2. The third kappa shape index (κ3) is 3.55. The lowest BCUT2D eigenvalue weighted by atomic mass is 9.88. The van der Waals surface area contributed by atoms with Crippen molar-refractivity contribution in [1.29, 1.82) is 0 Å². The number of rotatable bonds is 6. The van der Waals surface area contributed by atoms with E-state index in [0.29, 0.717) is 18.4 Å². The molecular formula is C17H21F3N2O2. The Bertz CT molecular complexity index is 605. The van der Waals surface area contributed by atoms with E-state index in [0.717, 1.165) is 29.9 Å². The van der Waals surface area contributed by atoms with Gasteiger partial charge in [-0.05, 0) is 30.5 Å². The Labute approximate surface area is 139 Å². The number of hydrogen-bond acceptors (Lipinski definition) is 2. The number of halogens is 3. The van der Waals surface area contributed by atoms with Crippen LogP contribution in [0.25, 0.3) is 0 Å². The first-order valence-corrected chi connectivity index (χ1v) is 8.03. The van der Waals surface area contributed by atoms with Gasteiger partial charge >= 0.3 is 12.2 Å². The molecule has 1 aromatic rings. The summed E-state index contributed by atoms with van der Waals surface area (Å²) in [6.45, 7) is 3.85. The van der Waals surface area contributed by atoms with Gasteiger partial charge in [0.25, 0.3) is 5.91 Å². The molecule has 0 spiro atoms. The van der Waals surface area contributed by atoms with Crippen LogP contribution in [0.3, 0.4) is 0 Å². The van der Waals surface area contributed by atoms with Gasteiger partial charge in [-0.25, -0.2) is 4.79 Å². The largest absolute Gasteiger partial charge is 0.416 e. The minimum Gasteiger partial charge on any atom is -0.323 e. The van der Waals surface area contributed by atoms with Gasteiger partial charge < -0.3 is 5.32 Å². The van der Waals surface area contributed by atoms with Crippen molar-refractivity contribution in [1.82, 2.24) is 10.2 Å². The Hall–Kier alpha value is -2.05. The maximum absolute atomic E-state index is 12.7. The molecular weight excluding hydrogens is 321 g/mol. The smallest absolute Gasteiger partial charge is 0.323 e. The lowest BCUT2D eigenvalue weighted by Gasteiger charge is -2.25. The summed E-state index contributed by atoms with van der Waals surface area (Å²) in [5.74, 6) is -0.295. The fourth-order valence-corrected chi connectivity index (χ4v) is 3.12. The second-order valence-corrected chi connectivity index (χ2v) is 6.10. The number of amides is 3. The van der Waals surface area contributed by atoms with Crippen LogP contribution in [0, 0.1) is 0 Å². The van der Waals surface area contributed by atoms with Gasteiger partial charge in [-0.2, -0.15) is 13.2 Å². The van der Waals surface area contributed by atoms with E-state index < -0.39 is 23.3 Å². The van der Waals surface area contributed by atoms with Crippen LogP contribution in [0.4, 0.5) is 18.0 Å². The normalized spacial score (nSPS) is 17.3. The third-order valence-corrected chi connectivity index (χ3v) is 4.22. The maximum Gasteiger partial charge on any atom is 0.416 e. The zero-order chi connectivity index (χ0) is 18.0. The highest BCUT2D eigenvalue weighted by Crippen LogP contribution is 2.31. The molecule has 0 bridgehead atoms. The molecule has 7 heteroatoms. The van der Waals surface area contributed by atoms with Gasteiger partial charge in [0, 0.05) is 0 Å². The van der Waals surface area contributed by atoms with Gasteiger partial charge in [-0.15, -0.1) is 0 Å². The lowest BCUT2D eigenvalue weighted by Crippen LogP contribution is -2.46. The van der Waals surface area contributed by atoms with Crippen molar-refractivity contribution in [2.75, 3.05) is 0 Å². The van der Waals surface area contributed by atoms with Crippen molar-refractivity contribution >= 4 is 11.9 Å². The number of imide groups is 1. The minimum atomic E-state index is -4.41. The number of nitrogens with one attached hydrogen (secondary N) is 1. The molecule has 0 aromatic heterocycles. The lowest BCUT2D eigenvalue weighted by molar-refractivity contribution is -0.137. The summed E-state index contributed by atoms with van der Waals surface area (Å²) in [4.78, 5) is 26.0. The molecule has 0 aliphatic carbocycles. The Morgan fingerprint density at radius 3 is 2.04 bits per heavy atom. The van der Waals surface area contributed by atoms with E-state index in [-0.39, 0.29) is 12.5 Å². The Balaban J connectivity index is 2.17. The van der Waals surface area contributed by atoms with Crippen LogP contribution in [0.1, 0.15) is 50.7 Å². The SMILES string of the molecule is CCCC1(CCC)NC(=O)N(Cc2ccc(C(F)(F)F)cc2)C1=O. The van der Waals surface area contributed by atoms with Gasteiger partial charge in [0.15, 0.2) is 0 Å². The van der Waals surface area contributed by atoms with Crippen molar-refractivity contribution in [2.45, 2.75) is 57.8 Å². The summed E-state index contributed by atoms with van der Waals surface area (Å²) in [6, 6.07) is 4.02. The van der Waals surface area contributed by atoms with Gasteiger partial charge in [0.05, 0.1) is 12.1 Å². The van der Waals surface area contributed by atoms with Crippen LogP contribution in [0.2, 0.25) is 0 Å². The van der Waals surface area contributed by atoms with Crippen molar-refractivity contribution < 1.29 is 22.8 Å². The fraction of sp³-hybridized carbons (Fsp3) is 0.529. The van der Waals surface area contributed by atoms with Crippen LogP contribution < -0.4 is 5.32 Å².